The smallest absolute Gasteiger partial charge is 0.269 e. The van der Waals surface area contributed by atoms with Gasteiger partial charge in [0.1, 0.15) is 5.25 Å². The lowest BCUT2D eigenvalue weighted by atomic mass is 10.3. The molecule has 0 aromatic rings. The second kappa shape index (κ2) is 4.66. The fraction of sp³-hybridized carbons (Fsp3) is 1.00. The van der Waals surface area contributed by atoms with E-state index in [1.807, 2.05) is 0 Å². The molecule has 0 fully saturated rings. The Morgan fingerprint density at radius 2 is 2.18 bits per heavy atom. The van der Waals surface area contributed by atoms with Gasteiger partial charge in [-0.3, -0.25) is 4.55 Å². The van der Waals surface area contributed by atoms with Crippen LogP contribution in [-0.2, 0) is 14.9 Å². The Balaban J connectivity index is 3.97. The minimum absolute atomic E-state index is 0.0812. The molecule has 0 aliphatic heterocycles. The fourth-order valence-electron chi connectivity index (χ4n) is 0.638. The third-order valence-electron chi connectivity index (χ3n) is 1.33. The molecule has 6 heteroatoms. The van der Waals surface area contributed by atoms with Gasteiger partial charge >= 0.3 is 0 Å². The zero-order valence-corrected chi connectivity index (χ0v) is 7.17. The highest BCUT2D eigenvalue weighted by molar-refractivity contribution is 7.86. The van der Waals surface area contributed by atoms with Crippen molar-refractivity contribution < 1.29 is 17.7 Å². The van der Waals surface area contributed by atoms with E-state index in [0.717, 1.165) is 0 Å². The van der Waals surface area contributed by atoms with Crippen molar-refractivity contribution in [2.24, 2.45) is 5.73 Å². The average Bonchev–Trinajstić information content (AvgIpc) is 1.87. The Morgan fingerprint density at radius 1 is 1.64 bits per heavy atom. The lowest BCUT2D eigenvalue weighted by Crippen LogP contribution is -2.30. The van der Waals surface area contributed by atoms with Crippen molar-refractivity contribution in [2.45, 2.75) is 11.7 Å². The summed E-state index contributed by atoms with van der Waals surface area (Å²) >= 11 is 0. The molecule has 5 nitrogen and oxygen atoms in total. The van der Waals surface area contributed by atoms with Gasteiger partial charge in [-0.1, -0.05) is 0 Å². The van der Waals surface area contributed by atoms with Crippen molar-refractivity contribution in [3.8, 4) is 0 Å². The monoisotopic (exact) mass is 183 g/mol. The first-order valence-electron chi connectivity index (χ1n) is 3.17. The second-order valence-corrected chi connectivity index (χ2v) is 3.85. The van der Waals surface area contributed by atoms with Crippen LogP contribution < -0.4 is 5.73 Å². The van der Waals surface area contributed by atoms with Gasteiger partial charge in [-0.05, 0) is 6.42 Å². The molecule has 3 N–H and O–H groups in total. The van der Waals surface area contributed by atoms with Crippen LogP contribution >= 0.6 is 0 Å². The van der Waals surface area contributed by atoms with E-state index in [1.54, 1.807) is 0 Å². The maximum Gasteiger partial charge on any atom is 0.269 e. The minimum Gasteiger partial charge on any atom is -0.385 e. The Hall–Kier alpha value is -0.170. The van der Waals surface area contributed by atoms with Gasteiger partial charge in [-0.2, -0.15) is 8.42 Å². The van der Waals surface area contributed by atoms with Crippen molar-refractivity contribution in [1.29, 1.82) is 0 Å². The molecule has 0 aliphatic carbocycles. The summed E-state index contributed by atoms with van der Waals surface area (Å²) in [6.45, 7) is 0.198. The molecule has 0 saturated carbocycles. The summed E-state index contributed by atoms with van der Waals surface area (Å²) < 4.78 is 34.2. The Kier molecular flexibility index (Phi) is 4.58. The highest BCUT2D eigenvalue weighted by Crippen LogP contribution is 2.01. The molecule has 68 valence electrons. The average molecular weight is 183 g/mol. The molecule has 0 amide bonds. The van der Waals surface area contributed by atoms with Gasteiger partial charge in [-0.15, -0.1) is 0 Å². The molecule has 0 aliphatic rings. The summed E-state index contributed by atoms with van der Waals surface area (Å²) in [6, 6.07) is 0. The second-order valence-electron chi connectivity index (χ2n) is 2.15. The third kappa shape index (κ3) is 4.31. The summed E-state index contributed by atoms with van der Waals surface area (Å²) in [4.78, 5) is 0. The van der Waals surface area contributed by atoms with E-state index < -0.39 is 15.4 Å². The fourth-order valence-corrected chi connectivity index (χ4v) is 1.27. The number of rotatable bonds is 5. The highest BCUT2D eigenvalue weighted by Gasteiger charge is 2.20. The van der Waals surface area contributed by atoms with Crippen molar-refractivity contribution >= 4 is 10.1 Å². The van der Waals surface area contributed by atoms with Gasteiger partial charge < -0.3 is 10.5 Å². The molecule has 1 unspecified atom stereocenters. The van der Waals surface area contributed by atoms with E-state index in [4.69, 9.17) is 10.3 Å². The van der Waals surface area contributed by atoms with E-state index in [0.29, 0.717) is 0 Å². The maximum absolute atomic E-state index is 10.5. The highest BCUT2D eigenvalue weighted by atomic mass is 32.2. The van der Waals surface area contributed by atoms with E-state index >= 15 is 0 Å². The van der Waals surface area contributed by atoms with Crippen LogP contribution in [0.4, 0.5) is 0 Å². The normalized spacial score (nSPS) is 14.8. The molecule has 0 aromatic heterocycles. The van der Waals surface area contributed by atoms with Crippen LogP contribution in [0.3, 0.4) is 0 Å². The van der Waals surface area contributed by atoms with Gasteiger partial charge in [0.05, 0.1) is 0 Å². The topological polar surface area (TPSA) is 89.6 Å². The number of hydrogen-bond acceptors (Lipinski definition) is 4. The Labute approximate surface area is 66.3 Å². The number of ether oxygens (including phenoxy) is 1. The molecule has 0 spiro atoms. The van der Waals surface area contributed by atoms with Gasteiger partial charge in [0.15, 0.2) is 0 Å². The van der Waals surface area contributed by atoms with Gasteiger partial charge in [0.2, 0.25) is 0 Å². The Morgan fingerprint density at radius 3 is 2.45 bits per heavy atom. The van der Waals surface area contributed by atoms with E-state index in [9.17, 15) is 8.42 Å². The predicted octanol–water partition coefficient (Wildman–Crippen LogP) is -0.762. The number of hydrogen-bond donors (Lipinski definition) is 2. The van der Waals surface area contributed by atoms with Gasteiger partial charge in [-0.25, -0.2) is 0 Å². The van der Waals surface area contributed by atoms with Crippen molar-refractivity contribution in [3.63, 3.8) is 0 Å². The molecule has 0 radical (unpaired) electrons. The number of nitrogens with two attached hydrogens (primary N) is 1. The van der Waals surface area contributed by atoms with Crippen LogP contribution in [0, 0.1) is 0 Å². The van der Waals surface area contributed by atoms with Crippen LogP contribution in [0.1, 0.15) is 6.42 Å². The summed E-state index contributed by atoms with van der Waals surface area (Å²) in [7, 11) is -2.54. The molecule has 0 saturated heterocycles. The zero-order chi connectivity index (χ0) is 8.91. The third-order valence-corrected chi connectivity index (χ3v) is 2.60. The van der Waals surface area contributed by atoms with Crippen LogP contribution in [-0.4, -0.2) is 38.5 Å². The van der Waals surface area contributed by atoms with Crippen molar-refractivity contribution in [2.75, 3.05) is 20.3 Å². The number of methoxy groups -OCH3 is 1. The van der Waals surface area contributed by atoms with Crippen LogP contribution in [0.2, 0.25) is 0 Å². The largest absolute Gasteiger partial charge is 0.385 e. The molecular formula is C5H13NO4S. The minimum atomic E-state index is -3.99. The molecule has 0 rings (SSSR count). The predicted molar refractivity (Wildman–Crippen MR) is 40.9 cm³/mol. The first-order valence-corrected chi connectivity index (χ1v) is 4.68. The molecule has 11 heavy (non-hydrogen) atoms. The van der Waals surface area contributed by atoms with Crippen LogP contribution in [0.15, 0.2) is 0 Å². The summed E-state index contributed by atoms with van der Waals surface area (Å²) in [5.41, 5.74) is 5.10. The molecule has 1 atom stereocenters. The van der Waals surface area contributed by atoms with E-state index in [-0.39, 0.29) is 19.6 Å². The first-order chi connectivity index (χ1) is 5.02. The van der Waals surface area contributed by atoms with Gasteiger partial charge in [0.25, 0.3) is 10.1 Å². The standard InChI is InChI=1S/C5H13NO4S/c1-10-3-2-5(4-6)11(7,8)9/h5H,2-4,6H2,1H3,(H,7,8,9). The van der Waals surface area contributed by atoms with E-state index in [2.05, 4.69) is 4.74 Å². The van der Waals surface area contributed by atoms with Gasteiger partial charge in [0, 0.05) is 20.3 Å². The van der Waals surface area contributed by atoms with Crippen LogP contribution in [0.5, 0.6) is 0 Å². The SMILES string of the molecule is COCCC(CN)S(=O)(=O)O. The van der Waals surface area contributed by atoms with Crippen molar-refractivity contribution in [1.82, 2.24) is 0 Å². The zero-order valence-electron chi connectivity index (χ0n) is 6.36. The quantitative estimate of drug-likeness (QED) is 0.547. The van der Waals surface area contributed by atoms with Crippen molar-refractivity contribution in [3.05, 3.63) is 0 Å². The molecular weight excluding hydrogens is 170 g/mol. The molecule has 0 aromatic carbocycles. The van der Waals surface area contributed by atoms with E-state index in [1.165, 1.54) is 7.11 Å². The summed E-state index contributed by atoms with van der Waals surface area (Å²) in [6.07, 6.45) is 0.228. The maximum atomic E-state index is 10.5. The van der Waals surface area contributed by atoms with Crippen LogP contribution in [0.25, 0.3) is 0 Å². The molecule has 0 bridgehead atoms. The summed E-state index contributed by atoms with van der Waals surface area (Å²) in [5, 5.41) is -0.901. The summed E-state index contributed by atoms with van der Waals surface area (Å²) in [5.74, 6) is 0. The lowest BCUT2D eigenvalue weighted by Gasteiger charge is -2.09. The lowest BCUT2D eigenvalue weighted by molar-refractivity contribution is 0.193. The Bertz CT molecular complexity index is 189. The first kappa shape index (κ1) is 10.8. The molecule has 0 heterocycles.